The first-order valence-corrected chi connectivity index (χ1v) is 8.54. The Hall–Kier alpha value is -1.14. The highest BCUT2D eigenvalue weighted by molar-refractivity contribution is 7.89. The van der Waals surface area contributed by atoms with Crippen LogP contribution in [0.5, 0.6) is 0 Å². The fourth-order valence-electron chi connectivity index (χ4n) is 2.59. The first-order valence-electron chi connectivity index (χ1n) is 7.10. The minimum atomic E-state index is -3.43. The average Bonchev–Trinajstić information content (AvgIpc) is 3.14. The molecule has 2 rings (SSSR count). The first-order chi connectivity index (χ1) is 9.43. The topological polar surface area (TPSA) is 55.2 Å². The van der Waals surface area contributed by atoms with Crippen LogP contribution in [0.1, 0.15) is 37.6 Å². The van der Waals surface area contributed by atoms with Gasteiger partial charge < -0.3 is 0 Å². The van der Waals surface area contributed by atoms with Crippen LogP contribution >= 0.6 is 0 Å². The number of aryl methyl sites for hydroxylation is 2. The third-order valence-electron chi connectivity index (χ3n) is 3.69. The van der Waals surface area contributed by atoms with Crippen LogP contribution in [0.15, 0.2) is 17.6 Å². The fourth-order valence-corrected chi connectivity index (χ4v) is 4.66. The van der Waals surface area contributed by atoms with Crippen molar-refractivity contribution in [1.29, 1.82) is 0 Å². The highest BCUT2D eigenvalue weighted by Gasteiger charge is 2.39. The predicted molar refractivity (Wildman–Crippen MR) is 79.1 cm³/mol. The summed E-state index contributed by atoms with van der Waals surface area (Å²) in [6.45, 7) is 10.4. The maximum absolute atomic E-state index is 12.8. The lowest BCUT2D eigenvalue weighted by Crippen LogP contribution is -2.33. The Kier molecular flexibility index (Phi) is 4.34. The lowest BCUT2D eigenvalue weighted by atomic mass is 10.4. The van der Waals surface area contributed by atoms with E-state index in [9.17, 15) is 8.42 Å². The summed E-state index contributed by atoms with van der Waals surface area (Å²) >= 11 is 0. The van der Waals surface area contributed by atoms with Gasteiger partial charge in [-0.2, -0.15) is 9.40 Å². The van der Waals surface area contributed by atoms with Gasteiger partial charge in [0.2, 0.25) is 10.0 Å². The highest BCUT2D eigenvalue weighted by Crippen LogP contribution is 2.33. The predicted octanol–water partition coefficient (Wildman–Crippen LogP) is 2.25. The molecule has 1 aromatic heterocycles. The fraction of sp³-hybridized carbons (Fsp3) is 0.643. The number of sulfonamides is 1. The Morgan fingerprint density at radius 1 is 1.45 bits per heavy atom. The molecule has 0 spiro atoms. The normalized spacial score (nSPS) is 15.8. The molecule has 5 nitrogen and oxygen atoms in total. The summed E-state index contributed by atoms with van der Waals surface area (Å²) in [6, 6.07) is 0.181. The van der Waals surface area contributed by atoms with Gasteiger partial charge in [0, 0.05) is 19.1 Å². The van der Waals surface area contributed by atoms with E-state index in [1.165, 1.54) is 0 Å². The maximum Gasteiger partial charge on any atom is 0.246 e. The van der Waals surface area contributed by atoms with Gasteiger partial charge in [-0.3, -0.25) is 4.68 Å². The molecule has 0 aliphatic heterocycles. The van der Waals surface area contributed by atoms with Crippen LogP contribution in [-0.4, -0.2) is 35.1 Å². The van der Waals surface area contributed by atoms with Gasteiger partial charge in [-0.15, -0.1) is 6.58 Å². The molecule has 0 N–H and O–H groups in total. The van der Waals surface area contributed by atoms with E-state index in [1.54, 1.807) is 15.9 Å². The molecule has 6 heteroatoms. The summed E-state index contributed by atoms with van der Waals surface area (Å²) in [5.41, 5.74) is 1.31. The second kappa shape index (κ2) is 5.69. The van der Waals surface area contributed by atoms with Crippen LogP contribution in [0.25, 0.3) is 0 Å². The van der Waals surface area contributed by atoms with E-state index in [2.05, 4.69) is 11.7 Å². The van der Waals surface area contributed by atoms with Crippen LogP contribution in [0.3, 0.4) is 0 Å². The van der Waals surface area contributed by atoms with E-state index >= 15 is 0 Å². The average molecular weight is 297 g/mol. The molecule has 0 amide bonds. The number of hydrogen-bond acceptors (Lipinski definition) is 3. The molecule has 0 atom stereocenters. The Bertz CT molecular complexity index is 600. The molecule has 1 aliphatic rings. The first kappa shape index (κ1) is 15.3. The molecule has 0 saturated heterocycles. The summed E-state index contributed by atoms with van der Waals surface area (Å²) in [5, 5.41) is 4.37. The summed E-state index contributed by atoms with van der Waals surface area (Å²) in [7, 11) is -3.43. The molecule has 1 aliphatic carbocycles. The maximum atomic E-state index is 12.8. The van der Waals surface area contributed by atoms with Gasteiger partial charge in [0.1, 0.15) is 4.90 Å². The summed E-state index contributed by atoms with van der Waals surface area (Å²) in [5.74, 6) is 0. The molecular weight excluding hydrogens is 274 g/mol. The lowest BCUT2D eigenvalue weighted by molar-refractivity contribution is 0.420. The van der Waals surface area contributed by atoms with Crippen molar-refractivity contribution < 1.29 is 8.42 Å². The minimum absolute atomic E-state index is 0.181. The van der Waals surface area contributed by atoms with Crippen molar-refractivity contribution in [1.82, 2.24) is 14.1 Å². The van der Waals surface area contributed by atoms with Gasteiger partial charge in [0.25, 0.3) is 0 Å². The summed E-state index contributed by atoms with van der Waals surface area (Å²) in [6.07, 6.45) is 4.53. The van der Waals surface area contributed by atoms with Crippen molar-refractivity contribution in [2.75, 3.05) is 6.54 Å². The van der Waals surface area contributed by atoms with Crippen molar-refractivity contribution in [3.8, 4) is 0 Å². The van der Waals surface area contributed by atoms with Gasteiger partial charge in [-0.1, -0.05) is 13.0 Å². The van der Waals surface area contributed by atoms with Crippen LogP contribution in [0, 0.1) is 13.8 Å². The van der Waals surface area contributed by atoms with Crippen molar-refractivity contribution >= 4 is 10.0 Å². The van der Waals surface area contributed by atoms with Crippen LogP contribution in [-0.2, 0) is 16.6 Å². The summed E-state index contributed by atoms with van der Waals surface area (Å²) in [4.78, 5) is 0.385. The Morgan fingerprint density at radius 2 is 2.10 bits per heavy atom. The molecule has 1 heterocycles. The quantitative estimate of drug-likeness (QED) is 0.725. The van der Waals surface area contributed by atoms with Gasteiger partial charge >= 0.3 is 0 Å². The number of aromatic nitrogens is 2. The van der Waals surface area contributed by atoms with E-state index in [1.807, 2.05) is 19.9 Å². The Labute approximate surface area is 121 Å². The SMILES string of the molecule is C=CCCn1nc(C)c(S(=O)(=O)N(CC)C2CC2)c1C. The van der Waals surface area contributed by atoms with Gasteiger partial charge in [0.05, 0.1) is 11.4 Å². The smallest absolute Gasteiger partial charge is 0.246 e. The van der Waals surface area contributed by atoms with Gasteiger partial charge in [-0.05, 0) is 33.1 Å². The van der Waals surface area contributed by atoms with Gasteiger partial charge in [0.15, 0.2) is 0 Å². The van der Waals surface area contributed by atoms with E-state index in [0.29, 0.717) is 23.7 Å². The molecule has 0 unspecified atom stereocenters. The standard InChI is InChI=1S/C14H23N3O2S/c1-5-7-10-16-12(4)14(11(3)15-16)20(18,19)17(6-2)13-8-9-13/h5,13H,1,6-10H2,2-4H3. The van der Waals surface area contributed by atoms with E-state index < -0.39 is 10.0 Å². The van der Waals surface area contributed by atoms with Crippen molar-refractivity contribution in [2.45, 2.75) is 57.5 Å². The third-order valence-corrected chi connectivity index (χ3v) is 5.97. The zero-order valence-corrected chi connectivity index (χ0v) is 13.3. The molecule has 20 heavy (non-hydrogen) atoms. The monoisotopic (exact) mass is 297 g/mol. The number of hydrogen-bond donors (Lipinski definition) is 0. The van der Waals surface area contributed by atoms with Crippen molar-refractivity contribution in [3.63, 3.8) is 0 Å². The van der Waals surface area contributed by atoms with Crippen molar-refractivity contribution in [3.05, 3.63) is 24.0 Å². The van der Waals surface area contributed by atoms with Crippen LogP contribution in [0.2, 0.25) is 0 Å². The molecule has 0 bridgehead atoms. The number of allylic oxidation sites excluding steroid dienone is 1. The molecular formula is C14H23N3O2S. The minimum Gasteiger partial charge on any atom is -0.268 e. The molecule has 1 aromatic rings. The third kappa shape index (κ3) is 2.67. The largest absolute Gasteiger partial charge is 0.268 e. The number of nitrogens with zero attached hydrogens (tertiary/aromatic N) is 3. The second-order valence-electron chi connectivity index (χ2n) is 5.24. The van der Waals surface area contributed by atoms with Crippen LogP contribution < -0.4 is 0 Å². The Balaban J connectivity index is 2.40. The molecule has 112 valence electrons. The molecule has 1 fully saturated rings. The van der Waals surface area contributed by atoms with E-state index in [0.717, 1.165) is 25.0 Å². The highest BCUT2D eigenvalue weighted by atomic mass is 32.2. The van der Waals surface area contributed by atoms with Gasteiger partial charge in [-0.25, -0.2) is 8.42 Å². The summed E-state index contributed by atoms with van der Waals surface area (Å²) < 4.78 is 29.0. The zero-order chi connectivity index (χ0) is 14.9. The Morgan fingerprint density at radius 3 is 2.60 bits per heavy atom. The second-order valence-corrected chi connectivity index (χ2v) is 7.07. The zero-order valence-electron chi connectivity index (χ0n) is 12.5. The number of rotatable bonds is 7. The lowest BCUT2D eigenvalue weighted by Gasteiger charge is -2.20. The van der Waals surface area contributed by atoms with Crippen molar-refractivity contribution in [2.24, 2.45) is 0 Å². The van der Waals surface area contributed by atoms with E-state index in [4.69, 9.17) is 0 Å². The molecule has 1 saturated carbocycles. The molecule has 0 radical (unpaired) electrons. The van der Waals surface area contributed by atoms with Crippen LogP contribution in [0.4, 0.5) is 0 Å². The molecule has 0 aromatic carbocycles. The van der Waals surface area contributed by atoms with E-state index in [-0.39, 0.29) is 6.04 Å².